The van der Waals surface area contributed by atoms with E-state index in [1.165, 1.54) is 5.56 Å². The van der Waals surface area contributed by atoms with E-state index < -0.39 is 0 Å². The Morgan fingerprint density at radius 2 is 2.00 bits per heavy atom. The van der Waals surface area contributed by atoms with E-state index in [-0.39, 0.29) is 12.5 Å². The number of carbonyl (C=O) groups is 1. The molecule has 2 aromatic carbocycles. The van der Waals surface area contributed by atoms with Gasteiger partial charge in [0.15, 0.2) is 0 Å². The van der Waals surface area contributed by atoms with Crippen molar-refractivity contribution in [1.29, 1.82) is 0 Å². The molecule has 0 saturated heterocycles. The molecule has 0 spiro atoms. The molecule has 3 nitrogen and oxygen atoms in total. The molecule has 0 aliphatic heterocycles. The number of halogens is 2. The van der Waals surface area contributed by atoms with Crippen LogP contribution in [0.1, 0.15) is 11.1 Å². The highest BCUT2D eigenvalue weighted by atomic mass is 79.9. The van der Waals surface area contributed by atoms with Gasteiger partial charge in [0.05, 0.1) is 12.2 Å². The second-order valence-electron chi connectivity index (χ2n) is 4.85. The Labute approximate surface area is 137 Å². The Hall–Kier alpha value is -1.52. The average molecular weight is 368 g/mol. The monoisotopic (exact) mass is 366 g/mol. The second-order valence-corrected chi connectivity index (χ2v) is 6.14. The fourth-order valence-electron chi connectivity index (χ4n) is 2.08. The Bertz CT molecular complexity index is 650. The molecule has 0 atom stereocenters. The van der Waals surface area contributed by atoms with Crippen molar-refractivity contribution in [3.05, 3.63) is 57.0 Å². The van der Waals surface area contributed by atoms with Gasteiger partial charge in [-0.15, -0.1) is 0 Å². The minimum Gasteiger partial charge on any atom is -0.375 e. The van der Waals surface area contributed by atoms with Gasteiger partial charge in [-0.1, -0.05) is 23.7 Å². The summed E-state index contributed by atoms with van der Waals surface area (Å²) in [4.78, 5) is 12.0. The van der Waals surface area contributed by atoms with Crippen molar-refractivity contribution in [3.63, 3.8) is 0 Å². The van der Waals surface area contributed by atoms with Crippen molar-refractivity contribution in [3.8, 4) is 0 Å². The highest BCUT2D eigenvalue weighted by Gasteiger charge is 2.07. The highest BCUT2D eigenvalue weighted by molar-refractivity contribution is 9.10. The predicted octanol–water partition coefficient (Wildman–Crippen LogP) is 4.77. The molecular weight excluding hydrogens is 352 g/mol. The molecule has 0 heterocycles. The number of rotatable bonds is 4. The lowest BCUT2D eigenvalue weighted by molar-refractivity contribution is -0.114. The third-order valence-electron chi connectivity index (χ3n) is 2.97. The average Bonchev–Trinajstić information content (AvgIpc) is 2.37. The zero-order valence-electron chi connectivity index (χ0n) is 11.8. The van der Waals surface area contributed by atoms with Crippen LogP contribution in [0.25, 0.3) is 0 Å². The van der Waals surface area contributed by atoms with Crippen molar-refractivity contribution in [2.75, 3.05) is 17.2 Å². The zero-order chi connectivity index (χ0) is 15.4. The zero-order valence-corrected chi connectivity index (χ0v) is 14.2. The van der Waals surface area contributed by atoms with E-state index in [2.05, 4.69) is 32.6 Å². The SMILES string of the molecule is Cc1cc(C)c(NCC(=O)Nc2cccc(Cl)c2)c(Br)c1. The predicted molar refractivity (Wildman–Crippen MR) is 92.2 cm³/mol. The van der Waals surface area contributed by atoms with Crippen molar-refractivity contribution < 1.29 is 4.79 Å². The largest absolute Gasteiger partial charge is 0.375 e. The van der Waals surface area contributed by atoms with Gasteiger partial charge < -0.3 is 10.6 Å². The Morgan fingerprint density at radius 3 is 2.67 bits per heavy atom. The van der Waals surface area contributed by atoms with Crippen molar-refractivity contribution in [1.82, 2.24) is 0 Å². The summed E-state index contributed by atoms with van der Waals surface area (Å²) in [6, 6.07) is 11.2. The maximum atomic E-state index is 12.0. The minimum absolute atomic E-state index is 0.121. The van der Waals surface area contributed by atoms with E-state index >= 15 is 0 Å². The number of carbonyl (C=O) groups excluding carboxylic acids is 1. The van der Waals surface area contributed by atoms with Crippen LogP contribution in [0.2, 0.25) is 5.02 Å². The molecule has 2 aromatic rings. The fraction of sp³-hybridized carbons (Fsp3) is 0.188. The third kappa shape index (κ3) is 4.48. The van der Waals surface area contributed by atoms with E-state index in [9.17, 15) is 4.79 Å². The quantitative estimate of drug-likeness (QED) is 0.817. The summed E-state index contributed by atoms with van der Waals surface area (Å²) in [5.41, 5.74) is 3.89. The summed E-state index contributed by atoms with van der Waals surface area (Å²) >= 11 is 9.40. The molecule has 2 rings (SSSR count). The van der Waals surface area contributed by atoms with Crippen molar-refractivity contribution in [2.24, 2.45) is 0 Å². The molecule has 110 valence electrons. The van der Waals surface area contributed by atoms with Crippen LogP contribution in [-0.2, 0) is 4.79 Å². The standard InChI is InChI=1S/C16H16BrClN2O/c1-10-6-11(2)16(14(17)7-10)19-9-15(21)20-13-5-3-4-12(18)8-13/h3-8,19H,9H2,1-2H3,(H,20,21). The van der Waals surface area contributed by atoms with E-state index in [4.69, 9.17) is 11.6 Å². The summed E-state index contributed by atoms with van der Waals surface area (Å²) in [5, 5.41) is 6.55. The van der Waals surface area contributed by atoms with Crippen molar-refractivity contribution in [2.45, 2.75) is 13.8 Å². The minimum atomic E-state index is -0.121. The maximum Gasteiger partial charge on any atom is 0.243 e. The van der Waals surface area contributed by atoms with E-state index in [1.807, 2.05) is 19.9 Å². The molecule has 0 aliphatic rings. The van der Waals surface area contributed by atoms with E-state index in [1.54, 1.807) is 24.3 Å². The summed E-state index contributed by atoms with van der Waals surface area (Å²) < 4.78 is 0.954. The summed E-state index contributed by atoms with van der Waals surface area (Å²) in [5.74, 6) is -0.121. The number of amides is 1. The number of hydrogen-bond donors (Lipinski definition) is 2. The first-order valence-corrected chi connectivity index (χ1v) is 7.69. The molecule has 0 saturated carbocycles. The summed E-state index contributed by atoms with van der Waals surface area (Å²) in [6.07, 6.45) is 0. The molecule has 1 amide bonds. The molecule has 21 heavy (non-hydrogen) atoms. The van der Waals surface area contributed by atoms with Crippen molar-refractivity contribution >= 4 is 44.8 Å². The third-order valence-corrected chi connectivity index (χ3v) is 3.83. The van der Waals surface area contributed by atoms with Gasteiger partial charge in [-0.2, -0.15) is 0 Å². The van der Waals surface area contributed by atoms with Crippen LogP contribution in [0.5, 0.6) is 0 Å². The number of aryl methyl sites for hydroxylation is 2. The number of benzene rings is 2. The van der Waals surface area contributed by atoms with Crippen LogP contribution in [0.4, 0.5) is 11.4 Å². The van der Waals surface area contributed by atoms with Crippen LogP contribution in [0, 0.1) is 13.8 Å². The molecule has 0 fully saturated rings. The van der Waals surface area contributed by atoms with Gasteiger partial charge in [0.25, 0.3) is 0 Å². The first-order valence-electron chi connectivity index (χ1n) is 6.52. The second kappa shape index (κ2) is 6.96. The van der Waals surface area contributed by atoms with E-state index in [0.29, 0.717) is 10.7 Å². The Morgan fingerprint density at radius 1 is 1.24 bits per heavy atom. The number of nitrogens with one attached hydrogen (secondary N) is 2. The first-order chi connectivity index (χ1) is 9.95. The van der Waals surface area contributed by atoms with Crippen LogP contribution in [0.15, 0.2) is 40.9 Å². The lowest BCUT2D eigenvalue weighted by Gasteiger charge is -2.13. The maximum absolute atomic E-state index is 12.0. The number of anilines is 2. The normalized spacial score (nSPS) is 10.3. The van der Waals surface area contributed by atoms with Gasteiger partial charge in [-0.3, -0.25) is 4.79 Å². The Balaban J connectivity index is 1.99. The topological polar surface area (TPSA) is 41.1 Å². The van der Waals surface area contributed by atoms with Gasteiger partial charge in [-0.05, 0) is 65.2 Å². The van der Waals surface area contributed by atoms with Gasteiger partial charge in [-0.25, -0.2) is 0 Å². The van der Waals surface area contributed by atoms with Crippen LogP contribution < -0.4 is 10.6 Å². The molecule has 0 unspecified atom stereocenters. The lowest BCUT2D eigenvalue weighted by atomic mass is 10.1. The molecule has 0 radical (unpaired) electrons. The van der Waals surface area contributed by atoms with Gasteiger partial charge in [0.1, 0.15) is 0 Å². The number of hydrogen-bond acceptors (Lipinski definition) is 2. The summed E-state index contributed by atoms with van der Waals surface area (Å²) in [6.45, 7) is 4.23. The Kier molecular flexibility index (Phi) is 5.26. The van der Waals surface area contributed by atoms with Gasteiger partial charge in [0, 0.05) is 15.2 Å². The molecule has 2 N–H and O–H groups in total. The smallest absolute Gasteiger partial charge is 0.243 e. The van der Waals surface area contributed by atoms with Crippen LogP contribution >= 0.6 is 27.5 Å². The summed E-state index contributed by atoms with van der Waals surface area (Å²) in [7, 11) is 0. The molecule has 0 aromatic heterocycles. The van der Waals surface area contributed by atoms with Gasteiger partial charge >= 0.3 is 0 Å². The van der Waals surface area contributed by atoms with Crippen LogP contribution in [-0.4, -0.2) is 12.5 Å². The fourth-order valence-corrected chi connectivity index (χ4v) is 3.08. The molecule has 0 bridgehead atoms. The van der Waals surface area contributed by atoms with E-state index in [0.717, 1.165) is 15.7 Å². The van der Waals surface area contributed by atoms with Gasteiger partial charge in [0.2, 0.25) is 5.91 Å². The highest BCUT2D eigenvalue weighted by Crippen LogP contribution is 2.27. The first kappa shape index (κ1) is 15.9. The molecular formula is C16H16BrClN2O. The molecule has 0 aliphatic carbocycles. The molecule has 5 heteroatoms. The van der Waals surface area contributed by atoms with Crippen LogP contribution in [0.3, 0.4) is 0 Å². The lowest BCUT2D eigenvalue weighted by Crippen LogP contribution is -2.22.